The number of aromatic nitrogens is 2. The second-order valence-electron chi connectivity index (χ2n) is 8.92. The van der Waals surface area contributed by atoms with Crippen LogP contribution in [0.25, 0.3) is 11.4 Å². The Morgan fingerprint density at radius 3 is 2.40 bits per heavy atom. The van der Waals surface area contributed by atoms with Crippen LogP contribution >= 0.6 is 7.67 Å². The fourth-order valence-electron chi connectivity index (χ4n) is 4.44. The van der Waals surface area contributed by atoms with Crippen molar-refractivity contribution in [1.29, 1.82) is 0 Å². The van der Waals surface area contributed by atoms with Gasteiger partial charge in [-0.25, -0.2) is 19.3 Å². The second-order valence-corrected chi connectivity index (χ2v) is 11.2. The van der Waals surface area contributed by atoms with E-state index < -0.39 is 12.6 Å². The molecule has 11 heteroatoms. The lowest BCUT2D eigenvalue weighted by atomic mass is 10.1. The van der Waals surface area contributed by atoms with Crippen LogP contribution in [0, 0.1) is 17.0 Å². The zero-order valence-electron chi connectivity index (χ0n) is 19.2. The number of hydrogen-bond donors (Lipinski definition) is 0. The van der Waals surface area contributed by atoms with E-state index in [4.69, 9.17) is 9.26 Å². The third-order valence-electron chi connectivity index (χ3n) is 6.43. The first-order valence-electron chi connectivity index (χ1n) is 11.6. The highest BCUT2D eigenvalue weighted by atomic mass is 31.2. The molecule has 1 aliphatic carbocycles. The number of ether oxygens (including phenoxy) is 1. The summed E-state index contributed by atoms with van der Waals surface area (Å²) in [5, 5.41) is 11.8. The van der Waals surface area contributed by atoms with Crippen LogP contribution in [0.5, 0.6) is 11.5 Å². The van der Waals surface area contributed by atoms with Gasteiger partial charge < -0.3 is 4.74 Å². The molecule has 180 valence electrons. The molecule has 0 radical (unpaired) electrons. The van der Waals surface area contributed by atoms with Crippen LogP contribution in [0.1, 0.15) is 29.3 Å². The van der Waals surface area contributed by atoms with Gasteiger partial charge in [0.2, 0.25) is 5.75 Å². The fraction of sp³-hybridized carbons (Fsp3) is 0.333. The quantitative estimate of drug-likeness (QED) is 0.187. The summed E-state index contributed by atoms with van der Waals surface area (Å²) in [6.07, 6.45) is 2.46. The van der Waals surface area contributed by atoms with E-state index >= 15 is 0 Å². The van der Waals surface area contributed by atoms with Gasteiger partial charge in [0.25, 0.3) is 0 Å². The Morgan fingerprint density at radius 1 is 1.06 bits per heavy atom. The Morgan fingerprint density at radius 2 is 1.77 bits per heavy atom. The van der Waals surface area contributed by atoms with Crippen molar-refractivity contribution in [3.8, 4) is 22.9 Å². The third-order valence-corrected chi connectivity index (χ3v) is 9.19. The molecule has 3 aliphatic rings. The minimum absolute atomic E-state index is 0.101. The van der Waals surface area contributed by atoms with E-state index in [1.807, 2.05) is 34.5 Å². The Labute approximate surface area is 202 Å². The molecule has 3 heterocycles. The van der Waals surface area contributed by atoms with Crippen molar-refractivity contribution in [2.24, 2.45) is 0 Å². The van der Waals surface area contributed by atoms with Gasteiger partial charge in [0.15, 0.2) is 5.82 Å². The number of hydrogen-bond acceptors (Lipinski definition) is 7. The molecule has 35 heavy (non-hydrogen) atoms. The maximum absolute atomic E-state index is 13.5. The molecule has 1 aromatic heterocycles. The van der Waals surface area contributed by atoms with Gasteiger partial charge in [-0.1, -0.05) is 0 Å². The maximum atomic E-state index is 13.5. The van der Waals surface area contributed by atoms with Gasteiger partial charge in [-0.05, 0) is 61.7 Å². The summed E-state index contributed by atoms with van der Waals surface area (Å²) in [4.78, 5) is 20.1. The van der Waals surface area contributed by atoms with Crippen molar-refractivity contribution in [1.82, 2.24) is 19.3 Å². The van der Waals surface area contributed by atoms with Crippen LogP contribution in [-0.2, 0) is 15.5 Å². The highest BCUT2D eigenvalue weighted by Crippen LogP contribution is 2.64. The van der Waals surface area contributed by atoms with Crippen molar-refractivity contribution in [3.05, 3.63) is 75.6 Å². The first-order chi connectivity index (χ1) is 16.9. The van der Waals surface area contributed by atoms with Crippen molar-refractivity contribution in [3.63, 3.8) is 0 Å². The fourth-order valence-corrected chi connectivity index (χ4v) is 6.80. The molecule has 2 fully saturated rings. The third kappa shape index (κ3) is 4.23. The van der Waals surface area contributed by atoms with Gasteiger partial charge in [0, 0.05) is 55.3 Å². The average Bonchev–Trinajstić information content (AvgIpc) is 3.77. The molecule has 2 aliphatic heterocycles. The number of benzene rings is 2. The first-order valence-corrected chi connectivity index (χ1v) is 13.1. The van der Waals surface area contributed by atoms with Gasteiger partial charge in [-0.3, -0.25) is 19.2 Å². The van der Waals surface area contributed by atoms with E-state index in [9.17, 15) is 14.7 Å². The van der Waals surface area contributed by atoms with Crippen molar-refractivity contribution >= 4 is 13.4 Å². The average molecular weight is 493 g/mol. The number of aryl methyl sites for hydroxylation is 1. The van der Waals surface area contributed by atoms with E-state index in [1.165, 1.54) is 6.07 Å². The molecular weight excluding hydrogens is 469 g/mol. The van der Waals surface area contributed by atoms with E-state index in [0.717, 1.165) is 48.6 Å². The van der Waals surface area contributed by atoms with Crippen molar-refractivity contribution < 1.29 is 18.7 Å². The van der Waals surface area contributed by atoms with Crippen LogP contribution < -0.4 is 4.74 Å². The molecule has 0 saturated carbocycles. The Kier molecular flexibility index (Phi) is 5.41. The van der Waals surface area contributed by atoms with Gasteiger partial charge in [0.1, 0.15) is 5.75 Å². The number of nitrogens with zero attached hydrogens (tertiary/aromatic N) is 5. The summed E-state index contributed by atoms with van der Waals surface area (Å²) >= 11 is 0. The van der Waals surface area contributed by atoms with E-state index in [2.05, 4.69) is 9.97 Å². The molecule has 0 N–H and O–H groups in total. The molecular formula is C24H24N5O5P. The smallest absolute Gasteiger partial charge is 0.346 e. The standard InChI is InChI=1S/C24H24N5O5P/c1-16-10-11-25-24(26-16)17-2-4-18(5-3-17)33-23-20-7-9-22(19(20)6-8-21(23)29(30)31)34-35(32,27-12-13-27)28-14-15-28/h2-6,8,10-11,22H,7,9,12-15H2,1H3/t22-/m0/s1. The molecule has 0 spiro atoms. The number of nitro groups is 1. The number of fused-ring (bicyclic) bond motifs is 1. The minimum atomic E-state index is -3.02. The van der Waals surface area contributed by atoms with E-state index in [1.54, 1.807) is 24.4 Å². The zero-order valence-corrected chi connectivity index (χ0v) is 20.1. The number of nitro benzene ring substituents is 1. The predicted octanol–water partition coefficient (Wildman–Crippen LogP) is 4.90. The van der Waals surface area contributed by atoms with Gasteiger partial charge in [-0.15, -0.1) is 0 Å². The minimum Gasteiger partial charge on any atom is -0.450 e. The van der Waals surface area contributed by atoms with Gasteiger partial charge >= 0.3 is 13.4 Å². The zero-order chi connectivity index (χ0) is 24.2. The topological polar surface area (TPSA) is 110 Å². The van der Waals surface area contributed by atoms with Crippen LogP contribution in [0.15, 0.2) is 48.7 Å². The van der Waals surface area contributed by atoms with Crippen LogP contribution in [-0.4, -0.2) is 50.4 Å². The SMILES string of the molecule is Cc1ccnc(-c2ccc(Oc3c([N+](=O)[O-])ccc4c3CC[C@@H]4OP(=O)(N3CC3)N3CC3)cc2)n1. The Bertz CT molecular complexity index is 1340. The van der Waals surface area contributed by atoms with Crippen LogP contribution in [0.4, 0.5) is 5.69 Å². The summed E-state index contributed by atoms with van der Waals surface area (Å²) in [7, 11) is -3.02. The van der Waals surface area contributed by atoms with Crippen LogP contribution in [0.2, 0.25) is 0 Å². The summed E-state index contributed by atoms with van der Waals surface area (Å²) in [6, 6.07) is 12.2. The molecule has 10 nitrogen and oxygen atoms in total. The molecule has 0 unspecified atom stereocenters. The molecule has 3 aromatic rings. The second kappa shape index (κ2) is 8.49. The van der Waals surface area contributed by atoms with Crippen molar-refractivity contribution in [2.45, 2.75) is 25.9 Å². The molecule has 6 rings (SSSR count). The largest absolute Gasteiger partial charge is 0.450 e. The summed E-state index contributed by atoms with van der Waals surface area (Å²) in [6.45, 7) is 4.98. The molecule has 2 aromatic carbocycles. The molecule has 0 bridgehead atoms. The Hall–Kier alpha value is -3.17. The van der Waals surface area contributed by atoms with Crippen molar-refractivity contribution in [2.75, 3.05) is 26.2 Å². The highest BCUT2D eigenvalue weighted by Gasteiger charge is 2.51. The van der Waals surface area contributed by atoms with Gasteiger partial charge in [-0.2, -0.15) is 0 Å². The maximum Gasteiger partial charge on any atom is 0.346 e. The summed E-state index contributed by atoms with van der Waals surface area (Å²) in [5.74, 6) is 1.29. The van der Waals surface area contributed by atoms with E-state index in [0.29, 0.717) is 24.4 Å². The Balaban J connectivity index is 1.29. The first kappa shape index (κ1) is 22.3. The van der Waals surface area contributed by atoms with Crippen LogP contribution in [0.3, 0.4) is 0 Å². The van der Waals surface area contributed by atoms with E-state index in [-0.39, 0.29) is 17.5 Å². The normalized spacial score (nSPS) is 19.4. The van der Waals surface area contributed by atoms with Gasteiger partial charge in [0.05, 0.1) is 11.0 Å². The summed E-state index contributed by atoms with van der Waals surface area (Å²) in [5.41, 5.74) is 3.13. The summed E-state index contributed by atoms with van der Waals surface area (Å²) < 4.78 is 29.6. The number of rotatable bonds is 8. The monoisotopic (exact) mass is 493 g/mol. The lowest BCUT2D eigenvalue weighted by Crippen LogP contribution is -2.11. The molecule has 0 amide bonds. The lowest BCUT2D eigenvalue weighted by molar-refractivity contribution is -0.385. The highest BCUT2D eigenvalue weighted by molar-refractivity contribution is 7.54. The lowest BCUT2D eigenvalue weighted by Gasteiger charge is -2.24. The molecule has 2 saturated heterocycles. The predicted molar refractivity (Wildman–Crippen MR) is 128 cm³/mol. The molecule has 1 atom stereocenters.